The third-order valence-corrected chi connectivity index (χ3v) is 3.06. The van der Waals surface area contributed by atoms with Crippen molar-refractivity contribution in [3.63, 3.8) is 0 Å². The maximum absolute atomic E-state index is 11.3. The van der Waals surface area contributed by atoms with Crippen LogP contribution in [0.3, 0.4) is 0 Å². The van der Waals surface area contributed by atoms with Crippen molar-refractivity contribution < 1.29 is 14.3 Å². The lowest BCUT2D eigenvalue weighted by Crippen LogP contribution is -2.57. The number of ketones is 1. The van der Waals surface area contributed by atoms with E-state index in [1.807, 2.05) is 0 Å². The summed E-state index contributed by atoms with van der Waals surface area (Å²) in [7, 11) is 1.38. The fourth-order valence-corrected chi connectivity index (χ4v) is 2.16. The largest absolute Gasteiger partial charge is 0.453 e. The Hall–Kier alpha value is -1.06. The lowest BCUT2D eigenvalue weighted by molar-refractivity contribution is -0.133. The zero-order valence-electron chi connectivity index (χ0n) is 7.66. The van der Waals surface area contributed by atoms with Crippen LogP contribution in [0.5, 0.6) is 0 Å². The molecular formula is C9H13NO3. The predicted molar refractivity (Wildman–Crippen MR) is 45.2 cm³/mol. The van der Waals surface area contributed by atoms with Crippen molar-refractivity contribution in [2.75, 3.05) is 13.7 Å². The number of carbonyl (C=O) groups is 2. The van der Waals surface area contributed by atoms with Crippen LogP contribution in [0.4, 0.5) is 4.79 Å². The van der Waals surface area contributed by atoms with Crippen molar-refractivity contribution in [3.8, 4) is 0 Å². The minimum atomic E-state index is -0.290. The van der Waals surface area contributed by atoms with Crippen LogP contribution < -0.4 is 0 Å². The molecule has 0 bridgehead atoms. The molecule has 2 rings (SSSR count). The molecule has 0 radical (unpaired) electrons. The summed E-state index contributed by atoms with van der Waals surface area (Å²) in [5.41, 5.74) is 0. The second kappa shape index (κ2) is 3.01. The van der Waals surface area contributed by atoms with Gasteiger partial charge in [0.05, 0.1) is 7.11 Å². The summed E-state index contributed by atoms with van der Waals surface area (Å²) in [4.78, 5) is 24.3. The highest BCUT2D eigenvalue weighted by atomic mass is 16.5. The summed E-state index contributed by atoms with van der Waals surface area (Å²) >= 11 is 0. The Morgan fingerprint density at radius 2 is 2.31 bits per heavy atom. The molecular weight excluding hydrogens is 170 g/mol. The Morgan fingerprint density at radius 3 is 2.85 bits per heavy atom. The number of Topliss-reactive ketones (excluding diaryl/α,β-unsaturated/α-hetero) is 1. The number of piperidine rings is 1. The van der Waals surface area contributed by atoms with Crippen LogP contribution in [0.1, 0.15) is 19.3 Å². The van der Waals surface area contributed by atoms with Gasteiger partial charge in [0.2, 0.25) is 0 Å². The Kier molecular flexibility index (Phi) is 1.98. The molecule has 4 heteroatoms. The quantitative estimate of drug-likeness (QED) is 0.558. The first kappa shape index (κ1) is 8.53. The van der Waals surface area contributed by atoms with Crippen LogP contribution in [0.15, 0.2) is 0 Å². The third-order valence-electron chi connectivity index (χ3n) is 3.06. The number of hydrogen-bond acceptors (Lipinski definition) is 3. The molecule has 1 saturated carbocycles. The van der Waals surface area contributed by atoms with E-state index >= 15 is 0 Å². The van der Waals surface area contributed by atoms with Crippen molar-refractivity contribution in [1.29, 1.82) is 0 Å². The Balaban J connectivity index is 2.07. The first-order chi connectivity index (χ1) is 6.24. The van der Waals surface area contributed by atoms with E-state index in [9.17, 15) is 9.59 Å². The Bertz CT molecular complexity index is 251. The highest BCUT2D eigenvalue weighted by Crippen LogP contribution is 2.37. The van der Waals surface area contributed by atoms with Gasteiger partial charge in [-0.3, -0.25) is 4.79 Å². The molecule has 72 valence electrons. The van der Waals surface area contributed by atoms with Gasteiger partial charge in [-0.1, -0.05) is 0 Å². The van der Waals surface area contributed by atoms with Gasteiger partial charge >= 0.3 is 6.09 Å². The van der Waals surface area contributed by atoms with Gasteiger partial charge in [-0.2, -0.15) is 0 Å². The standard InChI is InChI=1S/C9H13NO3/c1-13-9(12)10-5-4-8(11)6-2-3-7(6)10/h6-7H,2-5H2,1H3/t6-,7+/m1/s1. The molecule has 13 heavy (non-hydrogen) atoms. The van der Waals surface area contributed by atoms with E-state index in [0.717, 1.165) is 12.8 Å². The van der Waals surface area contributed by atoms with E-state index in [2.05, 4.69) is 4.74 Å². The van der Waals surface area contributed by atoms with Gasteiger partial charge in [0.25, 0.3) is 0 Å². The van der Waals surface area contributed by atoms with Crippen molar-refractivity contribution in [2.45, 2.75) is 25.3 Å². The highest BCUT2D eigenvalue weighted by Gasteiger charge is 2.45. The van der Waals surface area contributed by atoms with Gasteiger partial charge in [-0.15, -0.1) is 0 Å². The molecule has 4 nitrogen and oxygen atoms in total. The molecule has 1 amide bonds. The molecule has 1 heterocycles. The smallest absolute Gasteiger partial charge is 0.409 e. The number of amides is 1. The maximum Gasteiger partial charge on any atom is 0.409 e. The lowest BCUT2D eigenvalue weighted by atomic mass is 9.72. The fraction of sp³-hybridized carbons (Fsp3) is 0.778. The van der Waals surface area contributed by atoms with Crippen molar-refractivity contribution in [1.82, 2.24) is 4.90 Å². The number of methoxy groups -OCH3 is 1. The summed E-state index contributed by atoms with van der Waals surface area (Å²) in [6.45, 7) is 0.534. The number of ether oxygens (including phenoxy) is 1. The molecule has 0 unspecified atom stereocenters. The molecule has 0 aromatic rings. The number of rotatable bonds is 0. The summed E-state index contributed by atoms with van der Waals surface area (Å²) in [5, 5.41) is 0. The fourth-order valence-electron chi connectivity index (χ4n) is 2.16. The number of fused-ring (bicyclic) bond motifs is 1. The van der Waals surface area contributed by atoms with E-state index in [4.69, 9.17) is 0 Å². The average Bonchev–Trinajstić information content (AvgIpc) is 2.06. The molecule has 2 atom stereocenters. The molecule has 0 spiro atoms. The minimum Gasteiger partial charge on any atom is -0.453 e. The molecule has 0 aromatic heterocycles. The average molecular weight is 183 g/mol. The van der Waals surface area contributed by atoms with Crippen molar-refractivity contribution in [3.05, 3.63) is 0 Å². The lowest BCUT2D eigenvalue weighted by Gasteiger charge is -2.46. The molecule has 2 aliphatic rings. The second-order valence-electron chi connectivity index (χ2n) is 3.63. The topological polar surface area (TPSA) is 46.6 Å². The molecule has 0 N–H and O–H groups in total. The zero-order chi connectivity index (χ0) is 9.42. The summed E-state index contributed by atoms with van der Waals surface area (Å²) in [5.74, 6) is 0.421. The zero-order valence-corrected chi connectivity index (χ0v) is 7.66. The van der Waals surface area contributed by atoms with E-state index in [1.165, 1.54) is 7.11 Å². The van der Waals surface area contributed by atoms with Gasteiger partial charge in [-0.25, -0.2) is 4.79 Å². The minimum absolute atomic E-state index is 0.104. The summed E-state index contributed by atoms with van der Waals surface area (Å²) in [6.07, 6.45) is 2.10. The third kappa shape index (κ3) is 1.20. The number of nitrogens with zero attached hydrogens (tertiary/aromatic N) is 1. The van der Waals surface area contributed by atoms with Crippen LogP contribution in [-0.4, -0.2) is 36.5 Å². The van der Waals surface area contributed by atoms with E-state index < -0.39 is 0 Å². The van der Waals surface area contributed by atoms with Crippen LogP contribution in [0.2, 0.25) is 0 Å². The molecule has 1 saturated heterocycles. The van der Waals surface area contributed by atoms with Crippen molar-refractivity contribution >= 4 is 11.9 Å². The molecule has 2 fully saturated rings. The van der Waals surface area contributed by atoms with Gasteiger partial charge in [0.15, 0.2) is 0 Å². The predicted octanol–water partition coefficient (Wildman–Crippen LogP) is 0.806. The van der Waals surface area contributed by atoms with Crippen LogP contribution >= 0.6 is 0 Å². The SMILES string of the molecule is COC(=O)N1CCC(=O)[C@@H]2CC[C@@H]21. The monoisotopic (exact) mass is 183 g/mol. The molecule has 1 aliphatic heterocycles. The first-order valence-corrected chi connectivity index (χ1v) is 4.61. The first-order valence-electron chi connectivity index (χ1n) is 4.61. The molecule has 1 aliphatic carbocycles. The second-order valence-corrected chi connectivity index (χ2v) is 3.63. The van der Waals surface area contributed by atoms with Crippen LogP contribution in [-0.2, 0) is 9.53 Å². The normalized spacial score (nSPS) is 32.1. The van der Waals surface area contributed by atoms with Gasteiger partial charge < -0.3 is 9.64 Å². The summed E-state index contributed by atoms with van der Waals surface area (Å²) < 4.78 is 4.65. The maximum atomic E-state index is 11.3. The van der Waals surface area contributed by atoms with Gasteiger partial charge in [-0.05, 0) is 12.8 Å². The van der Waals surface area contributed by atoms with Gasteiger partial charge in [0.1, 0.15) is 5.78 Å². The Morgan fingerprint density at radius 1 is 1.54 bits per heavy atom. The van der Waals surface area contributed by atoms with Gasteiger partial charge in [0, 0.05) is 24.9 Å². The van der Waals surface area contributed by atoms with E-state index in [0.29, 0.717) is 18.7 Å². The highest BCUT2D eigenvalue weighted by molar-refractivity contribution is 5.85. The van der Waals surface area contributed by atoms with Crippen LogP contribution in [0, 0.1) is 5.92 Å². The number of carbonyl (C=O) groups excluding carboxylic acids is 2. The Labute approximate surface area is 76.8 Å². The van der Waals surface area contributed by atoms with E-state index in [-0.39, 0.29) is 18.1 Å². The molecule has 0 aromatic carbocycles. The van der Waals surface area contributed by atoms with Crippen LogP contribution in [0.25, 0.3) is 0 Å². The number of hydrogen-bond donors (Lipinski definition) is 0. The van der Waals surface area contributed by atoms with Crippen molar-refractivity contribution in [2.24, 2.45) is 5.92 Å². The number of likely N-dealkylation sites (tertiary alicyclic amines) is 1. The van der Waals surface area contributed by atoms with E-state index in [1.54, 1.807) is 4.90 Å². The summed E-state index contributed by atoms with van der Waals surface area (Å²) in [6, 6.07) is 0.133.